The van der Waals surface area contributed by atoms with Gasteiger partial charge < -0.3 is 15.1 Å². The minimum absolute atomic E-state index is 0.0223. The average molecular weight is 338 g/mol. The van der Waals surface area contributed by atoms with E-state index in [1.165, 1.54) is 11.1 Å². The Bertz CT molecular complexity index is 734. The Morgan fingerprint density at radius 3 is 2.52 bits per heavy atom. The maximum atomic E-state index is 12.6. The Labute approximate surface area is 149 Å². The van der Waals surface area contributed by atoms with Crippen molar-refractivity contribution in [2.45, 2.75) is 20.8 Å². The highest BCUT2D eigenvalue weighted by atomic mass is 16.2. The maximum Gasteiger partial charge on any atom is 0.272 e. The van der Waals surface area contributed by atoms with E-state index in [1.54, 1.807) is 6.20 Å². The molecule has 3 rings (SSSR count). The minimum Gasteiger partial charge on any atom is -0.354 e. The van der Waals surface area contributed by atoms with Crippen LogP contribution in [0, 0.1) is 13.8 Å². The van der Waals surface area contributed by atoms with Gasteiger partial charge in [0, 0.05) is 31.9 Å². The second-order valence-electron chi connectivity index (χ2n) is 6.53. The number of nitrogens with zero attached hydrogens (tertiary/aromatic N) is 3. The molecule has 0 spiro atoms. The van der Waals surface area contributed by atoms with Crippen molar-refractivity contribution >= 4 is 17.3 Å². The normalized spacial score (nSPS) is 15.2. The Kier molecular flexibility index (Phi) is 5.34. The summed E-state index contributed by atoms with van der Waals surface area (Å²) in [5, 5.41) is 3.38. The third kappa shape index (κ3) is 3.99. The van der Waals surface area contributed by atoms with Crippen molar-refractivity contribution in [2.24, 2.45) is 0 Å². The molecule has 0 saturated carbocycles. The molecule has 2 heterocycles. The molecule has 5 heteroatoms. The van der Waals surface area contributed by atoms with Crippen LogP contribution in [0.2, 0.25) is 0 Å². The Morgan fingerprint density at radius 1 is 1.12 bits per heavy atom. The molecule has 0 atom stereocenters. The highest BCUT2D eigenvalue weighted by Crippen LogP contribution is 2.22. The number of aryl methyl sites for hydroxylation is 1. The van der Waals surface area contributed by atoms with Crippen molar-refractivity contribution in [3.8, 4) is 0 Å². The molecular formula is C20H26N4O. The first-order chi connectivity index (χ1) is 12.1. The molecule has 1 aliphatic heterocycles. The number of hydrogen-bond donors (Lipinski definition) is 1. The van der Waals surface area contributed by atoms with E-state index in [4.69, 9.17) is 0 Å². The van der Waals surface area contributed by atoms with Crippen molar-refractivity contribution in [2.75, 3.05) is 38.0 Å². The number of nitrogens with one attached hydrogen (secondary N) is 1. The molecular weight excluding hydrogens is 312 g/mol. The second kappa shape index (κ2) is 7.66. The number of rotatable bonds is 4. The summed E-state index contributed by atoms with van der Waals surface area (Å²) in [7, 11) is 0. The molecule has 0 radical (unpaired) electrons. The van der Waals surface area contributed by atoms with Gasteiger partial charge in [0.15, 0.2) is 0 Å². The fourth-order valence-corrected chi connectivity index (χ4v) is 3.07. The molecule has 1 aliphatic rings. The van der Waals surface area contributed by atoms with E-state index in [2.05, 4.69) is 48.1 Å². The molecule has 132 valence electrons. The van der Waals surface area contributed by atoms with Gasteiger partial charge in [-0.1, -0.05) is 19.1 Å². The molecule has 1 aromatic heterocycles. The van der Waals surface area contributed by atoms with Gasteiger partial charge in [0.2, 0.25) is 0 Å². The summed E-state index contributed by atoms with van der Waals surface area (Å²) in [6, 6.07) is 9.91. The van der Waals surface area contributed by atoms with Gasteiger partial charge in [0.05, 0.1) is 11.9 Å². The number of pyridine rings is 1. The van der Waals surface area contributed by atoms with Crippen molar-refractivity contribution in [1.82, 2.24) is 14.8 Å². The lowest BCUT2D eigenvalue weighted by Gasteiger charge is -2.33. The van der Waals surface area contributed by atoms with Gasteiger partial charge in [0.25, 0.3) is 5.91 Å². The van der Waals surface area contributed by atoms with E-state index < -0.39 is 0 Å². The van der Waals surface area contributed by atoms with E-state index in [0.29, 0.717) is 5.69 Å². The van der Waals surface area contributed by atoms with Gasteiger partial charge >= 0.3 is 0 Å². The lowest BCUT2D eigenvalue weighted by molar-refractivity contribution is 0.0637. The molecule has 1 amide bonds. The standard InChI is InChI=1S/C20H26N4O/c1-4-23-10-12-24(13-11-23)20(25)19-9-8-17(14-21-19)22-18-7-5-6-15(2)16(18)3/h5-9,14,22H,4,10-13H2,1-3H3. The largest absolute Gasteiger partial charge is 0.354 e. The summed E-state index contributed by atoms with van der Waals surface area (Å²) in [6.45, 7) is 10.8. The molecule has 0 bridgehead atoms. The molecule has 0 unspecified atom stereocenters. The second-order valence-corrected chi connectivity index (χ2v) is 6.53. The van der Waals surface area contributed by atoms with Crippen LogP contribution in [0.5, 0.6) is 0 Å². The van der Waals surface area contributed by atoms with Crippen LogP contribution in [0.1, 0.15) is 28.5 Å². The van der Waals surface area contributed by atoms with Gasteiger partial charge in [-0.3, -0.25) is 4.79 Å². The summed E-state index contributed by atoms with van der Waals surface area (Å²) >= 11 is 0. The zero-order valence-electron chi connectivity index (χ0n) is 15.2. The SMILES string of the molecule is CCN1CCN(C(=O)c2ccc(Nc3cccc(C)c3C)cn2)CC1. The van der Waals surface area contributed by atoms with E-state index in [9.17, 15) is 4.79 Å². The molecule has 1 N–H and O–H groups in total. The fourth-order valence-electron chi connectivity index (χ4n) is 3.07. The Morgan fingerprint density at radius 2 is 1.88 bits per heavy atom. The number of carbonyl (C=O) groups excluding carboxylic acids is 1. The zero-order valence-corrected chi connectivity index (χ0v) is 15.2. The maximum absolute atomic E-state index is 12.6. The van der Waals surface area contributed by atoms with Crippen molar-refractivity contribution in [3.63, 3.8) is 0 Å². The highest BCUT2D eigenvalue weighted by Gasteiger charge is 2.22. The van der Waals surface area contributed by atoms with Crippen molar-refractivity contribution in [1.29, 1.82) is 0 Å². The van der Waals surface area contributed by atoms with Gasteiger partial charge in [0.1, 0.15) is 5.69 Å². The van der Waals surface area contributed by atoms with E-state index >= 15 is 0 Å². The third-order valence-electron chi connectivity index (χ3n) is 4.97. The van der Waals surface area contributed by atoms with Crippen molar-refractivity contribution < 1.29 is 4.79 Å². The third-order valence-corrected chi connectivity index (χ3v) is 4.97. The summed E-state index contributed by atoms with van der Waals surface area (Å²) in [5.74, 6) is 0.0223. The molecule has 2 aromatic rings. The fraction of sp³-hybridized carbons (Fsp3) is 0.400. The first-order valence-corrected chi connectivity index (χ1v) is 8.89. The van der Waals surface area contributed by atoms with Gasteiger partial charge in [-0.15, -0.1) is 0 Å². The monoisotopic (exact) mass is 338 g/mol. The lowest BCUT2D eigenvalue weighted by atomic mass is 10.1. The quantitative estimate of drug-likeness (QED) is 0.930. The van der Waals surface area contributed by atoms with E-state index in [1.807, 2.05) is 23.1 Å². The predicted molar refractivity (Wildman–Crippen MR) is 101 cm³/mol. The summed E-state index contributed by atoms with van der Waals surface area (Å²) in [6.07, 6.45) is 1.73. The lowest BCUT2D eigenvalue weighted by Crippen LogP contribution is -2.48. The van der Waals surface area contributed by atoms with E-state index in [0.717, 1.165) is 44.1 Å². The number of aromatic nitrogens is 1. The van der Waals surface area contributed by atoms with Gasteiger partial charge in [-0.2, -0.15) is 0 Å². The molecule has 5 nitrogen and oxygen atoms in total. The van der Waals surface area contributed by atoms with E-state index in [-0.39, 0.29) is 5.91 Å². The molecule has 0 aliphatic carbocycles. The number of carbonyl (C=O) groups is 1. The van der Waals surface area contributed by atoms with Crippen LogP contribution in [0.4, 0.5) is 11.4 Å². The number of piperazine rings is 1. The van der Waals surface area contributed by atoms with Gasteiger partial charge in [-0.25, -0.2) is 4.98 Å². The molecule has 25 heavy (non-hydrogen) atoms. The molecule has 1 saturated heterocycles. The van der Waals surface area contributed by atoms with Crippen LogP contribution in [-0.4, -0.2) is 53.4 Å². The van der Waals surface area contributed by atoms with Crippen LogP contribution in [0.25, 0.3) is 0 Å². The topological polar surface area (TPSA) is 48.5 Å². The smallest absolute Gasteiger partial charge is 0.272 e. The number of anilines is 2. The number of hydrogen-bond acceptors (Lipinski definition) is 4. The Hall–Kier alpha value is -2.40. The van der Waals surface area contributed by atoms with Gasteiger partial charge in [-0.05, 0) is 49.7 Å². The summed E-state index contributed by atoms with van der Waals surface area (Å²) in [4.78, 5) is 21.2. The predicted octanol–water partition coefficient (Wildman–Crippen LogP) is 3.22. The van der Waals surface area contributed by atoms with Crippen LogP contribution in [0.3, 0.4) is 0 Å². The first-order valence-electron chi connectivity index (χ1n) is 8.89. The molecule has 1 fully saturated rings. The summed E-state index contributed by atoms with van der Waals surface area (Å²) < 4.78 is 0. The number of likely N-dealkylation sites (N-methyl/N-ethyl adjacent to an activating group) is 1. The summed E-state index contributed by atoms with van der Waals surface area (Å²) in [5.41, 5.74) is 4.93. The average Bonchev–Trinajstić information content (AvgIpc) is 2.65. The van der Waals surface area contributed by atoms with Crippen molar-refractivity contribution in [3.05, 3.63) is 53.3 Å². The van der Waals surface area contributed by atoms with Crippen LogP contribution >= 0.6 is 0 Å². The molecule has 1 aromatic carbocycles. The highest BCUT2D eigenvalue weighted by molar-refractivity contribution is 5.92. The first kappa shape index (κ1) is 17.4. The minimum atomic E-state index is 0.0223. The number of amides is 1. The van der Waals surface area contributed by atoms with Crippen LogP contribution in [-0.2, 0) is 0 Å². The zero-order chi connectivity index (χ0) is 17.8. The Balaban J connectivity index is 1.66. The van der Waals surface area contributed by atoms with Crippen LogP contribution in [0.15, 0.2) is 36.5 Å². The number of benzene rings is 1. The van der Waals surface area contributed by atoms with Crippen LogP contribution < -0.4 is 5.32 Å².